The predicted molar refractivity (Wildman–Crippen MR) is 49.5 cm³/mol. The number of esters is 1. The summed E-state index contributed by atoms with van der Waals surface area (Å²) in [4.78, 5) is 11.3. The van der Waals surface area contributed by atoms with Gasteiger partial charge in [0.2, 0.25) is 0 Å². The van der Waals surface area contributed by atoms with Crippen LogP contribution in [-0.2, 0) is 16.0 Å². The lowest BCUT2D eigenvalue weighted by atomic mass is 10.0. The first-order valence-electron chi connectivity index (χ1n) is 4.59. The van der Waals surface area contributed by atoms with Crippen LogP contribution in [0.5, 0.6) is 0 Å². The molecular weight excluding hydrogens is 183 g/mol. The van der Waals surface area contributed by atoms with Crippen LogP contribution in [0, 0.1) is 5.82 Å². The van der Waals surface area contributed by atoms with Crippen molar-refractivity contribution in [2.45, 2.75) is 18.8 Å². The van der Waals surface area contributed by atoms with E-state index in [1.54, 1.807) is 6.07 Å². The smallest absolute Gasteiger partial charge is 0.313 e. The first kappa shape index (κ1) is 9.19. The van der Waals surface area contributed by atoms with Gasteiger partial charge in [0, 0.05) is 5.56 Å². The number of carbonyl (C=O) groups excluding carboxylic acids is 1. The molecule has 0 heterocycles. The molecule has 0 fully saturated rings. The first-order chi connectivity index (χ1) is 6.74. The Hall–Kier alpha value is -1.38. The normalized spacial score (nSPS) is 19.1. The lowest BCUT2D eigenvalue weighted by Gasteiger charge is -2.09. The van der Waals surface area contributed by atoms with Gasteiger partial charge < -0.3 is 4.74 Å². The van der Waals surface area contributed by atoms with E-state index in [1.807, 2.05) is 6.07 Å². The van der Waals surface area contributed by atoms with Crippen molar-refractivity contribution in [3.63, 3.8) is 0 Å². The minimum absolute atomic E-state index is 0.296. The van der Waals surface area contributed by atoms with Gasteiger partial charge in [-0.05, 0) is 24.5 Å². The van der Waals surface area contributed by atoms with Crippen molar-refractivity contribution in [2.75, 3.05) is 7.11 Å². The summed E-state index contributed by atoms with van der Waals surface area (Å²) in [5.74, 6) is -1.04. The molecule has 0 radical (unpaired) electrons. The molecule has 2 nitrogen and oxygen atoms in total. The maximum Gasteiger partial charge on any atom is 0.313 e. The zero-order chi connectivity index (χ0) is 10.1. The molecule has 1 atom stereocenters. The van der Waals surface area contributed by atoms with Gasteiger partial charge in [0.25, 0.3) is 0 Å². The number of carbonyl (C=O) groups is 1. The second kappa shape index (κ2) is 3.40. The number of ether oxygens (including phenoxy) is 1. The Morgan fingerprint density at radius 1 is 1.57 bits per heavy atom. The third-order valence-electron chi connectivity index (χ3n) is 2.68. The van der Waals surface area contributed by atoms with Crippen LogP contribution in [0.4, 0.5) is 4.39 Å². The van der Waals surface area contributed by atoms with Crippen molar-refractivity contribution < 1.29 is 13.9 Å². The fourth-order valence-electron chi connectivity index (χ4n) is 2.01. The minimum atomic E-state index is -0.406. The molecule has 0 aromatic heterocycles. The maximum atomic E-state index is 13.4. The fraction of sp³-hybridized carbons (Fsp3) is 0.364. The number of hydrogen-bond acceptors (Lipinski definition) is 2. The van der Waals surface area contributed by atoms with Crippen molar-refractivity contribution in [3.05, 3.63) is 35.1 Å². The van der Waals surface area contributed by atoms with Gasteiger partial charge >= 0.3 is 5.97 Å². The van der Waals surface area contributed by atoms with Crippen LogP contribution in [0.25, 0.3) is 0 Å². The number of rotatable bonds is 1. The molecule has 1 aromatic carbocycles. The van der Waals surface area contributed by atoms with Crippen LogP contribution in [0.1, 0.15) is 23.5 Å². The van der Waals surface area contributed by atoms with Gasteiger partial charge in [-0.2, -0.15) is 0 Å². The largest absolute Gasteiger partial charge is 0.469 e. The average Bonchev–Trinajstić information content (AvgIpc) is 2.62. The van der Waals surface area contributed by atoms with E-state index in [-0.39, 0.29) is 11.8 Å². The minimum Gasteiger partial charge on any atom is -0.469 e. The van der Waals surface area contributed by atoms with E-state index in [9.17, 15) is 9.18 Å². The highest BCUT2D eigenvalue weighted by atomic mass is 19.1. The highest BCUT2D eigenvalue weighted by Gasteiger charge is 2.31. The molecule has 0 aliphatic heterocycles. The van der Waals surface area contributed by atoms with Gasteiger partial charge in [-0.25, -0.2) is 4.39 Å². The van der Waals surface area contributed by atoms with E-state index in [2.05, 4.69) is 4.74 Å². The van der Waals surface area contributed by atoms with E-state index in [0.717, 1.165) is 12.0 Å². The molecule has 0 spiro atoms. The number of methoxy groups -OCH3 is 1. The summed E-state index contributed by atoms with van der Waals surface area (Å²) in [5, 5.41) is 0. The summed E-state index contributed by atoms with van der Waals surface area (Å²) >= 11 is 0. The van der Waals surface area contributed by atoms with Gasteiger partial charge in [0.1, 0.15) is 5.82 Å². The molecule has 0 N–H and O–H groups in total. The Balaban J connectivity index is 2.43. The van der Waals surface area contributed by atoms with E-state index in [4.69, 9.17) is 0 Å². The van der Waals surface area contributed by atoms with Crippen molar-refractivity contribution in [1.29, 1.82) is 0 Å². The molecule has 1 aliphatic carbocycles. The molecule has 1 aromatic rings. The van der Waals surface area contributed by atoms with E-state index < -0.39 is 5.92 Å². The maximum absolute atomic E-state index is 13.4. The average molecular weight is 194 g/mol. The van der Waals surface area contributed by atoms with E-state index in [1.165, 1.54) is 13.2 Å². The quantitative estimate of drug-likeness (QED) is 0.639. The molecular formula is C11H11FO2. The van der Waals surface area contributed by atoms with Crippen molar-refractivity contribution in [2.24, 2.45) is 0 Å². The summed E-state index contributed by atoms with van der Waals surface area (Å²) in [7, 11) is 1.33. The zero-order valence-electron chi connectivity index (χ0n) is 7.92. The van der Waals surface area contributed by atoms with Crippen LogP contribution in [0.15, 0.2) is 18.2 Å². The number of aryl methyl sites for hydroxylation is 1. The summed E-state index contributed by atoms with van der Waals surface area (Å²) in [5.41, 5.74) is 1.46. The zero-order valence-corrected chi connectivity index (χ0v) is 7.92. The summed E-state index contributed by atoms with van der Waals surface area (Å²) < 4.78 is 18.1. The second-order valence-corrected chi connectivity index (χ2v) is 3.43. The number of halogens is 1. The summed E-state index contributed by atoms with van der Waals surface area (Å²) in [6.45, 7) is 0. The van der Waals surface area contributed by atoms with Crippen molar-refractivity contribution in [3.8, 4) is 0 Å². The van der Waals surface area contributed by atoms with Gasteiger partial charge in [0.05, 0.1) is 13.0 Å². The lowest BCUT2D eigenvalue weighted by molar-refractivity contribution is -0.142. The Kier molecular flexibility index (Phi) is 2.23. The topological polar surface area (TPSA) is 26.3 Å². The fourth-order valence-corrected chi connectivity index (χ4v) is 2.01. The van der Waals surface area contributed by atoms with E-state index in [0.29, 0.717) is 12.0 Å². The van der Waals surface area contributed by atoms with Crippen LogP contribution in [-0.4, -0.2) is 13.1 Å². The van der Waals surface area contributed by atoms with Crippen LogP contribution >= 0.6 is 0 Å². The third kappa shape index (κ3) is 1.29. The van der Waals surface area contributed by atoms with Crippen LogP contribution in [0.3, 0.4) is 0 Å². The second-order valence-electron chi connectivity index (χ2n) is 3.43. The highest BCUT2D eigenvalue weighted by molar-refractivity contribution is 5.79. The molecule has 0 saturated carbocycles. The molecule has 2 rings (SSSR count). The molecule has 74 valence electrons. The molecule has 14 heavy (non-hydrogen) atoms. The number of fused-ring (bicyclic) bond motifs is 1. The first-order valence-corrected chi connectivity index (χ1v) is 4.59. The highest BCUT2D eigenvalue weighted by Crippen LogP contribution is 2.35. The van der Waals surface area contributed by atoms with Gasteiger partial charge in [0.15, 0.2) is 0 Å². The van der Waals surface area contributed by atoms with Crippen molar-refractivity contribution >= 4 is 5.97 Å². The Labute approximate surface area is 81.7 Å². The number of benzene rings is 1. The molecule has 3 heteroatoms. The molecule has 0 amide bonds. The number of hydrogen-bond donors (Lipinski definition) is 0. The molecule has 1 aliphatic rings. The monoisotopic (exact) mass is 194 g/mol. The van der Waals surface area contributed by atoms with Gasteiger partial charge in [-0.3, -0.25) is 4.79 Å². The van der Waals surface area contributed by atoms with Gasteiger partial charge in [-0.15, -0.1) is 0 Å². The molecule has 1 unspecified atom stereocenters. The van der Waals surface area contributed by atoms with E-state index >= 15 is 0 Å². The standard InChI is InChI=1S/C11H11FO2/c1-14-11(13)8-6-5-7-3-2-4-9(12)10(7)8/h2-4,8H,5-6H2,1H3. The predicted octanol–water partition coefficient (Wildman–Crippen LogP) is 2.03. The van der Waals surface area contributed by atoms with Gasteiger partial charge in [-0.1, -0.05) is 12.1 Å². The van der Waals surface area contributed by atoms with Crippen LogP contribution < -0.4 is 0 Å². The SMILES string of the molecule is COC(=O)C1CCc2cccc(F)c21. The lowest BCUT2D eigenvalue weighted by Crippen LogP contribution is -2.12. The molecule has 0 bridgehead atoms. The summed E-state index contributed by atoms with van der Waals surface area (Å²) in [6.07, 6.45) is 1.41. The van der Waals surface area contributed by atoms with Crippen LogP contribution in [0.2, 0.25) is 0 Å². The Morgan fingerprint density at radius 3 is 3.07 bits per heavy atom. The Morgan fingerprint density at radius 2 is 2.36 bits per heavy atom. The summed E-state index contributed by atoms with van der Waals surface area (Å²) in [6, 6.07) is 4.93. The Bertz CT molecular complexity index is 374. The molecule has 0 saturated heterocycles. The third-order valence-corrected chi connectivity index (χ3v) is 2.68. The van der Waals surface area contributed by atoms with Crippen molar-refractivity contribution in [1.82, 2.24) is 0 Å².